The molecule has 0 unspecified atom stereocenters. The van der Waals surface area contributed by atoms with Gasteiger partial charge in [0.15, 0.2) is 0 Å². The van der Waals surface area contributed by atoms with E-state index in [1.54, 1.807) is 0 Å². The Hall–Kier alpha value is -2.81. The maximum atomic E-state index is 4.86. The van der Waals surface area contributed by atoms with E-state index in [0.717, 1.165) is 37.3 Å². The van der Waals surface area contributed by atoms with Crippen LogP contribution < -0.4 is 10.6 Å². The van der Waals surface area contributed by atoms with E-state index in [-0.39, 0.29) is 0 Å². The summed E-state index contributed by atoms with van der Waals surface area (Å²) in [7, 11) is 0. The van der Waals surface area contributed by atoms with Gasteiger partial charge >= 0.3 is 0 Å². The van der Waals surface area contributed by atoms with Crippen molar-refractivity contribution >= 4 is 11.4 Å². The molecule has 30 heavy (non-hydrogen) atoms. The van der Waals surface area contributed by atoms with E-state index < -0.39 is 0 Å². The standard InChI is InChI=1S/C27H35N3/c1-20(2)16-22-10-5-7-14-26(22)28-18-24-12-9-13-25(30-24)19-29-27-15-8-6-11-23(27)17-21(3)4/h5-15,20-21,28-29H,16-19H2,1-4H3. The summed E-state index contributed by atoms with van der Waals surface area (Å²) < 4.78 is 0. The van der Waals surface area contributed by atoms with Gasteiger partial charge in [-0.1, -0.05) is 70.2 Å². The third-order valence-corrected chi connectivity index (χ3v) is 5.08. The van der Waals surface area contributed by atoms with Crippen LogP contribution in [0.3, 0.4) is 0 Å². The van der Waals surface area contributed by atoms with Crippen LogP contribution in [-0.4, -0.2) is 4.98 Å². The van der Waals surface area contributed by atoms with Crippen molar-refractivity contribution in [1.29, 1.82) is 0 Å². The van der Waals surface area contributed by atoms with Crippen molar-refractivity contribution in [3.05, 3.63) is 89.2 Å². The van der Waals surface area contributed by atoms with Crippen LogP contribution >= 0.6 is 0 Å². The normalized spacial score (nSPS) is 11.1. The second kappa shape index (κ2) is 10.8. The fourth-order valence-corrected chi connectivity index (χ4v) is 3.72. The quantitative estimate of drug-likeness (QED) is 0.397. The zero-order valence-corrected chi connectivity index (χ0v) is 18.8. The minimum Gasteiger partial charge on any atom is -0.379 e. The fourth-order valence-electron chi connectivity index (χ4n) is 3.72. The van der Waals surface area contributed by atoms with Gasteiger partial charge < -0.3 is 10.6 Å². The van der Waals surface area contributed by atoms with Crippen LogP contribution in [0.5, 0.6) is 0 Å². The van der Waals surface area contributed by atoms with Crippen molar-refractivity contribution in [2.45, 2.75) is 53.6 Å². The molecule has 2 aromatic carbocycles. The summed E-state index contributed by atoms with van der Waals surface area (Å²) in [4.78, 5) is 4.86. The Morgan fingerprint density at radius 3 is 1.47 bits per heavy atom. The van der Waals surface area contributed by atoms with Crippen molar-refractivity contribution in [2.75, 3.05) is 10.6 Å². The largest absolute Gasteiger partial charge is 0.379 e. The Kier molecular flexibility index (Phi) is 7.89. The third kappa shape index (κ3) is 6.62. The van der Waals surface area contributed by atoms with Gasteiger partial charge in [-0.3, -0.25) is 4.98 Å². The number of hydrogen-bond donors (Lipinski definition) is 2. The van der Waals surface area contributed by atoms with Gasteiger partial charge in [0.25, 0.3) is 0 Å². The molecule has 1 aromatic heterocycles. The number of aromatic nitrogens is 1. The summed E-state index contributed by atoms with van der Waals surface area (Å²) in [5.41, 5.74) is 7.27. The number of benzene rings is 2. The highest BCUT2D eigenvalue weighted by Crippen LogP contribution is 2.21. The minimum absolute atomic E-state index is 0.638. The molecule has 3 heteroatoms. The molecule has 0 fully saturated rings. The van der Waals surface area contributed by atoms with Gasteiger partial charge in [-0.25, -0.2) is 0 Å². The zero-order valence-electron chi connectivity index (χ0n) is 18.8. The topological polar surface area (TPSA) is 37.0 Å². The van der Waals surface area contributed by atoms with Crippen LogP contribution in [0, 0.1) is 11.8 Å². The monoisotopic (exact) mass is 401 g/mol. The Morgan fingerprint density at radius 1 is 0.600 bits per heavy atom. The van der Waals surface area contributed by atoms with Gasteiger partial charge in [0.1, 0.15) is 0 Å². The molecule has 0 saturated heterocycles. The molecule has 0 aliphatic rings. The van der Waals surface area contributed by atoms with Crippen molar-refractivity contribution < 1.29 is 0 Å². The molecule has 0 aliphatic heterocycles. The minimum atomic E-state index is 0.638. The summed E-state index contributed by atoms with van der Waals surface area (Å²) in [6, 6.07) is 23.4. The molecule has 0 amide bonds. The van der Waals surface area contributed by atoms with Crippen LogP contribution in [0.25, 0.3) is 0 Å². The predicted octanol–water partition coefficient (Wildman–Crippen LogP) is 6.70. The van der Waals surface area contributed by atoms with Crippen LogP contribution in [0.2, 0.25) is 0 Å². The van der Waals surface area contributed by atoms with E-state index in [4.69, 9.17) is 4.98 Å². The average Bonchev–Trinajstić information content (AvgIpc) is 2.72. The summed E-state index contributed by atoms with van der Waals surface area (Å²) in [6.45, 7) is 10.5. The molecule has 2 N–H and O–H groups in total. The molecule has 0 radical (unpaired) electrons. The molecule has 0 aliphatic carbocycles. The fraction of sp³-hybridized carbons (Fsp3) is 0.370. The van der Waals surface area contributed by atoms with Crippen molar-refractivity contribution in [3.8, 4) is 0 Å². The van der Waals surface area contributed by atoms with E-state index in [9.17, 15) is 0 Å². The zero-order chi connectivity index (χ0) is 21.3. The Labute approximate surface area is 182 Å². The lowest BCUT2D eigenvalue weighted by atomic mass is 10.0. The highest BCUT2D eigenvalue weighted by Gasteiger charge is 2.07. The van der Waals surface area contributed by atoms with Crippen molar-refractivity contribution in [3.63, 3.8) is 0 Å². The maximum Gasteiger partial charge on any atom is 0.0598 e. The van der Waals surface area contributed by atoms with Crippen LogP contribution in [0.15, 0.2) is 66.7 Å². The first kappa shape index (κ1) is 21.9. The smallest absolute Gasteiger partial charge is 0.0598 e. The molecule has 0 spiro atoms. The van der Waals surface area contributed by atoms with Crippen molar-refractivity contribution in [2.24, 2.45) is 11.8 Å². The highest BCUT2D eigenvalue weighted by molar-refractivity contribution is 5.52. The number of rotatable bonds is 10. The lowest BCUT2D eigenvalue weighted by Crippen LogP contribution is -2.09. The van der Waals surface area contributed by atoms with Gasteiger partial charge in [-0.05, 0) is 60.1 Å². The van der Waals surface area contributed by atoms with E-state index >= 15 is 0 Å². The van der Waals surface area contributed by atoms with Crippen LogP contribution in [-0.2, 0) is 25.9 Å². The van der Waals surface area contributed by atoms with Gasteiger partial charge in [0.2, 0.25) is 0 Å². The number of para-hydroxylation sites is 2. The average molecular weight is 402 g/mol. The SMILES string of the molecule is CC(C)Cc1ccccc1NCc1cccc(CNc2ccccc2CC(C)C)n1. The summed E-state index contributed by atoms with van der Waals surface area (Å²) in [5.74, 6) is 1.28. The number of nitrogens with one attached hydrogen (secondary N) is 2. The van der Waals surface area contributed by atoms with Gasteiger partial charge in [0.05, 0.1) is 24.5 Å². The van der Waals surface area contributed by atoms with E-state index in [2.05, 4.69) is 105 Å². The van der Waals surface area contributed by atoms with E-state index in [0.29, 0.717) is 11.8 Å². The Balaban J connectivity index is 1.62. The molecule has 3 nitrogen and oxygen atoms in total. The number of hydrogen-bond acceptors (Lipinski definition) is 3. The Morgan fingerprint density at radius 2 is 1.03 bits per heavy atom. The molecule has 0 atom stereocenters. The molecular formula is C27H35N3. The van der Waals surface area contributed by atoms with Crippen molar-refractivity contribution in [1.82, 2.24) is 4.98 Å². The molecule has 3 rings (SSSR count). The lowest BCUT2D eigenvalue weighted by molar-refractivity contribution is 0.648. The molecule has 0 saturated carbocycles. The Bertz CT molecular complexity index is 858. The summed E-state index contributed by atoms with van der Waals surface area (Å²) >= 11 is 0. The molecule has 1 heterocycles. The number of pyridine rings is 1. The first-order chi connectivity index (χ1) is 14.5. The second-order valence-corrected chi connectivity index (χ2v) is 8.84. The number of anilines is 2. The molecule has 0 bridgehead atoms. The maximum absolute atomic E-state index is 4.86. The first-order valence-electron chi connectivity index (χ1n) is 11.1. The summed E-state index contributed by atoms with van der Waals surface area (Å²) in [5, 5.41) is 7.17. The van der Waals surface area contributed by atoms with E-state index in [1.165, 1.54) is 22.5 Å². The summed E-state index contributed by atoms with van der Waals surface area (Å²) in [6.07, 6.45) is 2.16. The molecular weight excluding hydrogens is 366 g/mol. The van der Waals surface area contributed by atoms with Gasteiger partial charge in [-0.2, -0.15) is 0 Å². The van der Waals surface area contributed by atoms with Gasteiger partial charge in [0, 0.05) is 11.4 Å². The lowest BCUT2D eigenvalue weighted by Gasteiger charge is -2.15. The first-order valence-corrected chi connectivity index (χ1v) is 11.1. The third-order valence-electron chi connectivity index (χ3n) is 5.08. The predicted molar refractivity (Wildman–Crippen MR) is 129 cm³/mol. The van der Waals surface area contributed by atoms with E-state index in [1.807, 2.05) is 0 Å². The highest BCUT2D eigenvalue weighted by atomic mass is 14.9. The molecule has 3 aromatic rings. The van der Waals surface area contributed by atoms with Crippen LogP contribution in [0.1, 0.15) is 50.2 Å². The number of nitrogens with zero attached hydrogens (tertiary/aromatic N) is 1. The van der Waals surface area contributed by atoms with Gasteiger partial charge in [-0.15, -0.1) is 0 Å². The second-order valence-electron chi connectivity index (χ2n) is 8.84. The van der Waals surface area contributed by atoms with Crippen LogP contribution in [0.4, 0.5) is 11.4 Å². The molecule has 158 valence electrons.